The number of carboxylic acid groups (broad SMARTS) is 2. The summed E-state index contributed by atoms with van der Waals surface area (Å²) < 4.78 is 0. The van der Waals surface area contributed by atoms with Gasteiger partial charge in [-0.3, -0.25) is 0 Å². The zero-order valence-corrected chi connectivity index (χ0v) is 17.4. The Kier molecular flexibility index (Phi) is 11.5. The van der Waals surface area contributed by atoms with E-state index in [0.29, 0.717) is 6.42 Å². The highest BCUT2D eigenvalue weighted by Gasteiger charge is 2.22. The van der Waals surface area contributed by atoms with Gasteiger partial charge in [-0.1, -0.05) is 19.9 Å². The van der Waals surface area contributed by atoms with Crippen LogP contribution in [0.25, 0.3) is 0 Å². The molecular formula is C20H30O4S2. The van der Waals surface area contributed by atoms with Gasteiger partial charge in [0.2, 0.25) is 0 Å². The van der Waals surface area contributed by atoms with Crippen LogP contribution >= 0.6 is 23.5 Å². The standard InChI is InChI=1S/C20H30O4S2/c1-3-11-25-13-5-7-15-9-10-17(19(21)22)18(20(23)24)16(15)8-6-14-26-12-4-2/h9-10H,3-8,11-14H2,1-2H3,(H,21,22)(H,23,24). The molecule has 0 bridgehead atoms. The van der Waals surface area contributed by atoms with E-state index in [-0.39, 0.29) is 11.1 Å². The average Bonchev–Trinajstić information content (AvgIpc) is 2.61. The number of hydrogen-bond acceptors (Lipinski definition) is 4. The van der Waals surface area contributed by atoms with Crippen molar-refractivity contribution in [2.45, 2.75) is 52.4 Å². The van der Waals surface area contributed by atoms with E-state index in [9.17, 15) is 19.8 Å². The molecule has 1 rings (SSSR count). The van der Waals surface area contributed by atoms with Gasteiger partial charge < -0.3 is 10.2 Å². The normalized spacial score (nSPS) is 10.8. The van der Waals surface area contributed by atoms with Crippen LogP contribution in [0.15, 0.2) is 12.1 Å². The first kappa shape index (κ1) is 22.9. The number of thioether (sulfide) groups is 2. The Morgan fingerprint density at radius 3 is 1.92 bits per heavy atom. The first-order valence-electron chi connectivity index (χ1n) is 9.29. The molecule has 0 aromatic heterocycles. The summed E-state index contributed by atoms with van der Waals surface area (Å²) in [5, 5.41) is 19.0. The van der Waals surface area contributed by atoms with E-state index in [1.54, 1.807) is 0 Å². The lowest BCUT2D eigenvalue weighted by Crippen LogP contribution is -2.14. The minimum atomic E-state index is -1.17. The molecule has 0 fully saturated rings. The van der Waals surface area contributed by atoms with Gasteiger partial charge in [0.05, 0.1) is 11.1 Å². The Bertz CT molecular complexity index is 587. The molecule has 0 atom stereocenters. The fraction of sp³-hybridized carbons (Fsp3) is 0.600. The third kappa shape index (κ3) is 7.62. The summed E-state index contributed by atoms with van der Waals surface area (Å²) in [6, 6.07) is 3.27. The molecule has 0 aliphatic rings. The number of rotatable bonds is 14. The van der Waals surface area contributed by atoms with Crippen molar-refractivity contribution in [1.29, 1.82) is 0 Å². The van der Waals surface area contributed by atoms with E-state index in [2.05, 4.69) is 13.8 Å². The van der Waals surface area contributed by atoms with Crippen LogP contribution in [0.3, 0.4) is 0 Å². The van der Waals surface area contributed by atoms with Gasteiger partial charge in [0, 0.05) is 0 Å². The highest BCUT2D eigenvalue weighted by atomic mass is 32.2. The second-order valence-electron chi connectivity index (χ2n) is 6.17. The highest BCUT2D eigenvalue weighted by molar-refractivity contribution is 7.99. The summed E-state index contributed by atoms with van der Waals surface area (Å²) in [5.74, 6) is 1.94. The average molecular weight is 399 g/mol. The van der Waals surface area contributed by atoms with Gasteiger partial charge in [0.1, 0.15) is 0 Å². The van der Waals surface area contributed by atoms with Gasteiger partial charge in [-0.25, -0.2) is 9.59 Å². The van der Waals surface area contributed by atoms with E-state index < -0.39 is 11.9 Å². The first-order valence-corrected chi connectivity index (χ1v) is 11.6. The summed E-state index contributed by atoms with van der Waals surface area (Å²) in [6.07, 6.45) is 5.55. The van der Waals surface area contributed by atoms with Gasteiger partial charge in [-0.15, -0.1) is 0 Å². The lowest BCUT2D eigenvalue weighted by Gasteiger charge is -2.15. The van der Waals surface area contributed by atoms with E-state index in [1.165, 1.54) is 6.07 Å². The van der Waals surface area contributed by atoms with Crippen molar-refractivity contribution < 1.29 is 19.8 Å². The molecule has 0 saturated heterocycles. The third-order valence-electron chi connectivity index (χ3n) is 4.00. The smallest absolute Gasteiger partial charge is 0.336 e. The van der Waals surface area contributed by atoms with Crippen LogP contribution in [-0.4, -0.2) is 45.2 Å². The van der Waals surface area contributed by atoms with Crippen molar-refractivity contribution in [2.75, 3.05) is 23.0 Å². The van der Waals surface area contributed by atoms with Gasteiger partial charge in [0.25, 0.3) is 0 Å². The van der Waals surface area contributed by atoms with E-state index in [1.807, 2.05) is 29.6 Å². The van der Waals surface area contributed by atoms with Crippen molar-refractivity contribution in [3.63, 3.8) is 0 Å². The molecule has 0 aliphatic carbocycles. The van der Waals surface area contributed by atoms with Crippen LogP contribution in [0.1, 0.15) is 71.4 Å². The summed E-state index contributed by atoms with van der Waals surface area (Å²) in [4.78, 5) is 23.2. The van der Waals surface area contributed by atoms with Crippen LogP contribution in [0.5, 0.6) is 0 Å². The monoisotopic (exact) mass is 398 g/mol. The summed E-state index contributed by atoms with van der Waals surface area (Å²) >= 11 is 3.77. The zero-order valence-electron chi connectivity index (χ0n) is 15.8. The topological polar surface area (TPSA) is 74.6 Å². The van der Waals surface area contributed by atoms with Gasteiger partial charge >= 0.3 is 11.9 Å². The maximum atomic E-state index is 11.8. The molecule has 26 heavy (non-hydrogen) atoms. The first-order chi connectivity index (χ1) is 12.5. The van der Waals surface area contributed by atoms with E-state index in [0.717, 1.165) is 66.2 Å². The molecule has 0 amide bonds. The van der Waals surface area contributed by atoms with Crippen LogP contribution in [0.2, 0.25) is 0 Å². The third-order valence-corrected chi connectivity index (χ3v) is 6.55. The molecule has 2 N–H and O–H groups in total. The molecule has 0 heterocycles. The molecule has 4 nitrogen and oxygen atoms in total. The van der Waals surface area contributed by atoms with Gasteiger partial charge in [0.15, 0.2) is 0 Å². The minimum absolute atomic E-state index is 0.0169. The zero-order chi connectivity index (χ0) is 19.4. The van der Waals surface area contributed by atoms with Crippen molar-refractivity contribution in [3.05, 3.63) is 34.4 Å². The van der Waals surface area contributed by atoms with Crippen molar-refractivity contribution in [1.82, 2.24) is 0 Å². The SMILES string of the molecule is CCCSCCCc1ccc(C(=O)O)c(C(=O)O)c1CCCSCCC. The predicted octanol–water partition coefficient (Wildman–Crippen LogP) is 5.23. The number of aryl methyl sites for hydroxylation is 1. The summed E-state index contributed by atoms with van der Waals surface area (Å²) in [5.41, 5.74) is 1.59. The van der Waals surface area contributed by atoms with E-state index in [4.69, 9.17) is 0 Å². The number of carboxylic acids is 2. The van der Waals surface area contributed by atoms with Crippen molar-refractivity contribution >= 4 is 35.5 Å². The number of carbonyl (C=O) groups is 2. The second kappa shape index (κ2) is 13.1. The van der Waals surface area contributed by atoms with Gasteiger partial charge in [-0.2, -0.15) is 23.5 Å². The van der Waals surface area contributed by atoms with Crippen molar-refractivity contribution in [2.24, 2.45) is 0 Å². The van der Waals surface area contributed by atoms with E-state index >= 15 is 0 Å². The Hall–Kier alpha value is -1.14. The van der Waals surface area contributed by atoms with Crippen LogP contribution in [0.4, 0.5) is 0 Å². The molecule has 0 radical (unpaired) electrons. The maximum Gasteiger partial charge on any atom is 0.336 e. The molecule has 1 aromatic carbocycles. The number of hydrogen-bond donors (Lipinski definition) is 2. The Labute approximate surface area is 165 Å². The maximum absolute atomic E-state index is 11.8. The Morgan fingerprint density at radius 1 is 0.846 bits per heavy atom. The fourth-order valence-electron chi connectivity index (χ4n) is 2.84. The molecule has 0 spiro atoms. The van der Waals surface area contributed by atoms with Gasteiger partial charge in [-0.05, 0) is 78.7 Å². The van der Waals surface area contributed by atoms with Crippen LogP contribution in [-0.2, 0) is 12.8 Å². The molecule has 146 valence electrons. The Morgan fingerprint density at radius 2 is 1.42 bits per heavy atom. The molecule has 0 unspecified atom stereocenters. The lowest BCUT2D eigenvalue weighted by atomic mass is 9.91. The second-order valence-corrected chi connectivity index (χ2v) is 8.62. The molecule has 6 heteroatoms. The fourth-order valence-corrected chi connectivity index (χ4v) is 4.52. The molecular weight excluding hydrogens is 368 g/mol. The summed E-state index contributed by atoms with van der Waals surface area (Å²) in [7, 11) is 0. The molecule has 0 aliphatic heterocycles. The summed E-state index contributed by atoms with van der Waals surface area (Å²) in [6.45, 7) is 4.30. The van der Waals surface area contributed by atoms with Crippen LogP contribution in [0, 0.1) is 0 Å². The molecule has 0 saturated carbocycles. The largest absolute Gasteiger partial charge is 0.478 e. The quantitative estimate of drug-likeness (QED) is 0.418. The lowest BCUT2D eigenvalue weighted by molar-refractivity contribution is 0.0650. The number of benzene rings is 1. The highest BCUT2D eigenvalue weighted by Crippen LogP contribution is 2.24. The Balaban J connectivity index is 2.96. The predicted molar refractivity (Wildman–Crippen MR) is 112 cm³/mol. The number of aromatic carboxylic acids is 2. The van der Waals surface area contributed by atoms with Crippen LogP contribution < -0.4 is 0 Å². The van der Waals surface area contributed by atoms with Crippen molar-refractivity contribution in [3.8, 4) is 0 Å². The molecule has 1 aromatic rings. The minimum Gasteiger partial charge on any atom is -0.478 e.